The normalized spacial score (nSPS) is 15.0. The molecule has 0 radical (unpaired) electrons. The van der Waals surface area contributed by atoms with Crippen LogP contribution in [-0.4, -0.2) is 39.8 Å². The number of para-hydroxylation sites is 1. The van der Waals surface area contributed by atoms with Crippen LogP contribution in [0.3, 0.4) is 0 Å². The van der Waals surface area contributed by atoms with Gasteiger partial charge >= 0.3 is 6.18 Å². The maximum Gasteiger partial charge on any atom is 0.435 e. The third kappa shape index (κ3) is 5.02. The highest BCUT2D eigenvalue weighted by Crippen LogP contribution is 2.27. The van der Waals surface area contributed by atoms with E-state index in [0.717, 1.165) is 31.7 Å². The smallest absolute Gasteiger partial charge is 0.435 e. The number of aromatic nitrogens is 2. The predicted molar refractivity (Wildman–Crippen MR) is 93.1 cm³/mol. The topological polar surface area (TPSA) is 47.4 Å². The van der Waals surface area contributed by atoms with Crippen LogP contribution in [0.15, 0.2) is 36.5 Å². The van der Waals surface area contributed by atoms with Crippen LogP contribution in [-0.2, 0) is 17.5 Å². The molecular weight excluding hydrogens is 378 g/mol. The summed E-state index contributed by atoms with van der Waals surface area (Å²) in [6.07, 6.45) is 0.387. The quantitative estimate of drug-likeness (QED) is 0.664. The first-order valence-corrected chi connectivity index (χ1v) is 9.12. The number of carbonyl (C=O) groups excluding carboxylic acids is 1. The van der Waals surface area contributed by atoms with Gasteiger partial charge in [0.25, 0.3) is 5.91 Å². The minimum absolute atomic E-state index is 0.00868. The zero-order valence-electron chi connectivity index (χ0n) is 15.2. The van der Waals surface area contributed by atoms with Crippen molar-refractivity contribution >= 4 is 5.91 Å². The van der Waals surface area contributed by atoms with Gasteiger partial charge in [0.05, 0.1) is 6.54 Å². The number of carbonyl (C=O) groups is 1. The number of amides is 1. The molecule has 5 nitrogen and oxygen atoms in total. The van der Waals surface area contributed by atoms with Crippen LogP contribution >= 0.6 is 0 Å². The lowest BCUT2D eigenvalue weighted by molar-refractivity contribution is -0.141. The van der Waals surface area contributed by atoms with Gasteiger partial charge in [0.2, 0.25) is 0 Å². The number of rotatable bonds is 7. The Morgan fingerprint density at radius 2 is 1.93 bits per heavy atom. The van der Waals surface area contributed by atoms with Crippen LogP contribution in [0, 0.1) is 5.82 Å². The minimum atomic E-state index is -4.50. The Bertz CT molecular complexity index is 800. The monoisotopic (exact) mass is 399 g/mol. The Morgan fingerprint density at radius 3 is 2.57 bits per heavy atom. The number of benzene rings is 1. The Balaban J connectivity index is 1.62. The first-order chi connectivity index (χ1) is 13.3. The maximum absolute atomic E-state index is 13.7. The standard InChI is InChI=1S/C19H21F4N3O2/c20-15-7-3-4-8-16(15)28-13-18(27)26(14-5-1-2-6-14)12-11-25-10-9-17(24-25)19(21,22)23/h3-4,7-10,14H,1-2,5-6,11-13H2. The average Bonchev–Trinajstić information content (AvgIpc) is 3.33. The summed E-state index contributed by atoms with van der Waals surface area (Å²) in [5.41, 5.74) is -0.964. The van der Waals surface area contributed by atoms with Crippen molar-refractivity contribution in [3.05, 3.63) is 48.0 Å². The van der Waals surface area contributed by atoms with E-state index in [1.807, 2.05) is 0 Å². The molecule has 1 aliphatic carbocycles. The van der Waals surface area contributed by atoms with E-state index < -0.39 is 17.7 Å². The first kappa shape index (κ1) is 20.2. The van der Waals surface area contributed by atoms with E-state index in [1.165, 1.54) is 29.1 Å². The van der Waals surface area contributed by atoms with E-state index in [9.17, 15) is 22.4 Å². The van der Waals surface area contributed by atoms with Crippen molar-refractivity contribution < 1.29 is 27.1 Å². The van der Waals surface area contributed by atoms with Crippen molar-refractivity contribution in [3.63, 3.8) is 0 Å². The van der Waals surface area contributed by atoms with Crippen LogP contribution in [0.4, 0.5) is 17.6 Å². The number of nitrogens with zero attached hydrogens (tertiary/aromatic N) is 3. The Morgan fingerprint density at radius 1 is 1.21 bits per heavy atom. The van der Waals surface area contributed by atoms with Crippen molar-refractivity contribution in [2.45, 2.75) is 44.4 Å². The summed E-state index contributed by atoms with van der Waals surface area (Å²) in [6.45, 7) is 0.0193. The van der Waals surface area contributed by atoms with Crippen molar-refractivity contribution in [3.8, 4) is 5.75 Å². The molecule has 9 heteroatoms. The molecule has 0 unspecified atom stereocenters. The van der Waals surface area contributed by atoms with E-state index in [2.05, 4.69) is 5.10 Å². The lowest BCUT2D eigenvalue weighted by Crippen LogP contribution is -2.43. The van der Waals surface area contributed by atoms with Crippen LogP contribution in [0.1, 0.15) is 31.4 Å². The van der Waals surface area contributed by atoms with E-state index in [1.54, 1.807) is 11.0 Å². The number of ether oxygens (including phenoxy) is 1. The zero-order chi connectivity index (χ0) is 20.1. The van der Waals surface area contributed by atoms with Gasteiger partial charge in [-0.1, -0.05) is 25.0 Å². The van der Waals surface area contributed by atoms with Crippen molar-refractivity contribution in [2.75, 3.05) is 13.2 Å². The van der Waals surface area contributed by atoms with Gasteiger partial charge in [-0.3, -0.25) is 9.48 Å². The van der Waals surface area contributed by atoms with E-state index in [-0.39, 0.29) is 37.4 Å². The van der Waals surface area contributed by atoms with Crippen LogP contribution in [0.25, 0.3) is 0 Å². The average molecular weight is 399 g/mol. The second-order valence-corrected chi connectivity index (χ2v) is 6.71. The van der Waals surface area contributed by atoms with Gasteiger partial charge in [-0.15, -0.1) is 0 Å². The summed E-state index contributed by atoms with van der Waals surface area (Å²) in [4.78, 5) is 14.3. The minimum Gasteiger partial charge on any atom is -0.481 e. The second kappa shape index (κ2) is 8.62. The van der Waals surface area contributed by atoms with E-state index in [4.69, 9.17) is 4.74 Å². The SMILES string of the molecule is O=C(COc1ccccc1F)N(CCn1ccc(C(F)(F)F)n1)C1CCCC1. The van der Waals surface area contributed by atoms with Gasteiger partial charge in [-0.05, 0) is 31.0 Å². The molecular formula is C19H21F4N3O2. The molecule has 0 bridgehead atoms. The molecule has 1 heterocycles. The van der Waals surface area contributed by atoms with Crippen molar-refractivity contribution in [1.82, 2.24) is 14.7 Å². The molecule has 3 rings (SSSR count). The second-order valence-electron chi connectivity index (χ2n) is 6.71. The van der Waals surface area contributed by atoms with Crippen LogP contribution in [0.5, 0.6) is 5.75 Å². The molecule has 0 N–H and O–H groups in total. The van der Waals surface area contributed by atoms with E-state index >= 15 is 0 Å². The number of halogens is 4. The summed E-state index contributed by atoms with van der Waals surface area (Å²) in [6, 6.07) is 6.72. The highest BCUT2D eigenvalue weighted by atomic mass is 19.4. The molecule has 1 saturated carbocycles. The molecule has 0 spiro atoms. The van der Waals surface area contributed by atoms with Gasteiger partial charge in [-0.2, -0.15) is 18.3 Å². The van der Waals surface area contributed by atoms with Gasteiger partial charge in [0.15, 0.2) is 23.9 Å². The van der Waals surface area contributed by atoms with Crippen LogP contribution < -0.4 is 4.74 Å². The number of alkyl halides is 3. The molecule has 0 aliphatic heterocycles. The molecule has 2 aromatic rings. The predicted octanol–water partition coefficient (Wildman–Crippen LogP) is 3.89. The summed E-state index contributed by atoms with van der Waals surface area (Å²) < 4.78 is 58.2. The van der Waals surface area contributed by atoms with Crippen molar-refractivity contribution in [2.24, 2.45) is 0 Å². The summed E-state index contributed by atoms with van der Waals surface area (Å²) in [7, 11) is 0. The molecule has 1 aliphatic rings. The van der Waals surface area contributed by atoms with E-state index in [0.29, 0.717) is 0 Å². The summed E-state index contributed by atoms with van der Waals surface area (Å²) in [5, 5.41) is 3.52. The summed E-state index contributed by atoms with van der Waals surface area (Å²) >= 11 is 0. The van der Waals surface area contributed by atoms with Gasteiger partial charge in [-0.25, -0.2) is 4.39 Å². The molecule has 1 aromatic carbocycles. The number of hydrogen-bond donors (Lipinski definition) is 0. The lowest BCUT2D eigenvalue weighted by atomic mass is 10.2. The van der Waals surface area contributed by atoms with Gasteiger partial charge < -0.3 is 9.64 Å². The fourth-order valence-corrected chi connectivity index (χ4v) is 3.36. The Labute approximate surface area is 159 Å². The highest BCUT2D eigenvalue weighted by Gasteiger charge is 2.33. The summed E-state index contributed by atoms with van der Waals surface area (Å²) in [5.74, 6) is -0.888. The molecule has 1 fully saturated rings. The largest absolute Gasteiger partial charge is 0.481 e. The number of hydrogen-bond acceptors (Lipinski definition) is 3. The third-order valence-corrected chi connectivity index (χ3v) is 4.77. The van der Waals surface area contributed by atoms with Gasteiger partial charge in [0, 0.05) is 18.8 Å². The third-order valence-electron chi connectivity index (χ3n) is 4.77. The van der Waals surface area contributed by atoms with Gasteiger partial charge in [0.1, 0.15) is 0 Å². The maximum atomic E-state index is 13.7. The molecule has 28 heavy (non-hydrogen) atoms. The fraction of sp³-hybridized carbons (Fsp3) is 0.474. The van der Waals surface area contributed by atoms with Crippen molar-refractivity contribution in [1.29, 1.82) is 0 Å². The highest BCUT2D eigenvalue weighted by molar-refractivity contribution is 5.78. The van der Waals surface area contributed by atoms with Crippen LogP contribution in [0.2, 0.25) is 0 Å². The molecule has 1 aromatic heterocycles. The zero-order valence-corrected chi connectivity index (χ0v) is 15.2. The molecule has 0 saturated heterocycles. The Hall–Kier alpha value is -2.58. The first-order valence-electron chi connectivity index (χ1n) is 9.12. The molecule has 0 atom stereocenters. The lowest BCUT2D eigenvalue weighted by Gasteiger charge is -2.29. The fourth-order valence-electron chi connectivity index (χ4n) is 3.36. The molecule has 152 valence electrons. The molecule has 1 amide bonds. The Kier molecular flexibility index (Phi) is 6.21.